The van der Waals surface area contributed by atoms with Gasteiger partial charge in [0.15, 0.2) is 0 Å². The summed E-state index contributed by atoms with van der Waals surface area (Å²) in [4.78, 5) is 133. The average molecular weight is 2090 g/mol. The van der Waals surface area contributed by atoms with Crippen molar-refractivity contribution in [2.75, 3.05) is 26.4 Å². The zero-order chi connectivity index (χ0) is 99.7. The smallest absolute Gasteiger partial charge is 0.397 e. The summed E-state index contributed by atoms with van der Waals surface area (Å²) in [5, 5.41) is 30.3. The average Bonchev–Trinajstić information content (AvgIpc) is 1.53. The Hall–Kier alpha value is -2.29. The molecule has 0 unspecified atom stereocenters. The number of benzene rings is 8. The molecule has 0 spiro atoms. The van der Waals surface area contributed by atoms with Gasteiger partial charge in [0, 0.05) is 113 Å². The quantitative estimate of drug-likeness (QED) is 0.0629. The molecular formula is C104H168O16Si8Ti4. The Morgan fingerprint density at radius 2 is 0.258 bits per heavy atom. The number of rotatable bonds is 8. The van der Waals surface area contributed by atoms with E-state index in [0.717, 1.165) is 134 Å². The summed E-state index contributed by atoms with van der Waals surface area (Å²) in [5.74, 6) is 0. The Morgan fingerprint density at radius 3 is 0.311 bits per heavy atom. The largest absolute Gasteiger partial charge is 0.505 e. The van der Waals surface area contributed by atoms with Crippen LogP contribution in [0.15, 0.2) is 146 Å². The minimum Gasteiger partial charge on any atom is -0.397 e. The van der Waals surface area contributed by atoms with Crippen LogP contribution in [-0.2, 0) is 149 Å². The van der Waals surface area contributed by atoms with Crippen molar-refractivity contribution in [3.05, 3.63) is 235 Å². The van der Waals surface area contributed by atoms with Crippen molar-refractivity contribution in [2.45, 2.75) is 334 Å². The Balaban J connectivity index is 0.000000835. The van der Waals surface area contributed by atoms with Crippen LogP contribution in [0.3, 0.4) is 0 Å². The fraction of sp³-hybridized carbons (Fsp3) is 0.538. The number of hydrogen-bond donors (Lipinski definition) is 16. The first kappa shape index (κ1) is 128. The first-order valence-corrected chi connectivity index (χ1v) is 67.0. The van der Waals surface area contributed by atoms with Crippen LogP contribution in [-0.4, -0.2) is 172 Å². The van der Waals surface area contributed by atoms with Gasteiger partial charge in [0.1, 0.15) is 0 Å². The van der Waals surface area contributed by atoms with Crippen molar-refractivity contribution in [3.8, 4) is 44.5 Å². The zero-order valence-corrected chi connectivity index (χ0v) is 102. The maximum absolute atomic E-state index is 11.1. The van der Waals surface area contributed by atoms with E-state index >= 15 is 0 Å². The van der Waals surface area contributed by atoms with E-state index in [9.17, 15) is 57.5 Å². The van der Waals surface area contributed by atoms with Crippen LogP contribution in [0.1, 0.15) is 283 Å². The molecule has 4 aliphatic carbocycles. The minimum atomic E-state index is -4.61. The fourth-order valence-corrected chi connectivity index (χ4v) is 48.5. The normalized spacial score (nSPS) is 15.1. The summed E-state index contributed by atoms with van der Waals surface area (Å²) in [5.41, 5.74) is 23.8. The molecule has 0 aliphatic heterocycles. The number of aliphatic hydroxyl groups excluding tert-OH is 4. The van der Waals surface area contributed by atoms with Gasteiger partial charge in [-0.3, -0.25) is 0 Å². The molecular weight excluding hydrogens is 1920 g/mol. The van der Waals surface area contributed by atoms with Crippen LogP contribution in [0.25, 0.3) is 44.5 Å². The van der Waals surface area contributed by atoms with Crippen LogP contribution in [0.2, 0.25) is 78.6 Å². The van der Waals surface area contributed by atoms with E-state index < -0.39 is 86.2 Å². The van der Waals surface area contributed by atoms with Gasteiger partial charge in [-0.15, -0.1) is 0 Å². The van der Waals surface area contributed by atoms with Gasteiger partial charge in [0.05, 0.1) is 50.9 Å². The molecule has 28 heteroatoms. The van der Waals surface area contributed by atoms with E-state index in [1.54, 1.807) is 27.7 Å². The van der Waals surface area contributed by atoms with Gasteiger partial charge >= 0.3 is 35.2 Å². The molecule has 0 saturated carbocycles. The van der Waals surface area contributed by atoms with Crippen LogP contribution in [0, 0.1) is 0 Å². The van der Waals surface area contributed by atoms with Crippen molar-refractivity contribution >= 4 is 67.5 Å². The molecule has 0 aromatic heterocycles. The van der Waals surface area contributed by atoms with Crippen molar-refractivity contribution < 1.29 is 165 Å². The van der Waals surface area contributed by atoms with E-state index in [1.807, 2.05) is 0 Å². The second-order valence-electron chi connectivity index (χ2n) is 47.9. The van der Waals surface area contributed by atoms with Crippen molar-refractivity contribution in [3.63, 3.8) is 0 Å². The van der Waals surface area contributed by atoms with Gasteiger partial charge in [-0.2, -0.15) is 0 Å². The van der Waals surface area contributed by atoms with Crippen molar-refractivity contribution in [1.29, 1.82) is 0 Å². The SMILES string of the molecule is CC(C)(C)c1ccc2c(c1)C([Si](C)(C)C)([Si](O)(O)O)c1cc(C(C)(C)C)ccc1-2.CC(C)(C)c1ccc2c(c1)C([Si](C)(C)C)([Si](O)(O)O)c1cc(C(C)(C)C)ccc1-2.CC(C)(C)c1ccc2c(c1)C([Si](C)(C)C)([Si](O)(O)O)c1cc(C(C)(C)C)ccc1-2.CC(C)(C)c1ccc2c(c1)C([Si](C)(C)C)([Si](O)(O)O)c1cc(C(C)(C)C)ccc1-2.CCO.CCO.CCO.CCO.[Ti].[Ti].[Ti].[Ti]. The monoisotopic (exact) mass is 2090 g/mol. The fourth-order valence-electron chi connectivity index (χ4n) is 19.7. The van der Waals surface area contributed by atoms with Gasteiger partial charge in [-0.1, -0.05) is 390 Å². The van der Waals surface area contributed by atoms with E-state index in [0.29, 0.717) is 0 Å². The van der Waals surface area contributed by atoms with Crippen molar-refractivity contribution in [2.24, 2.45) is 0 Å². The van der Waals surface area contributed by atoms with Gasteiger partial charge in [-0.25, -0.2) is 0 Å². The molecule has 12 rings (SSSR count). The van der Waals surface area contributed by atoms with Gasteiger partial charge < -0.3 is 78.0 Å². The van der Waals surface area contributed by atoms with Gasteiger partial charge in [0.25, 0.3) is 0 Å². The summed E-state index contributed by atoms with van der Waals surface area (Å²) in [6, 6.07) is 50.9. The Labute approximate surface area is 864 Å². The Kier molecular flexibility index (Phi) is 42.9. The number of fused-ring (bicyclic) bond motifs is 12. The molecule has 0 radical (unpaired) electrons. The molecule has 0 heterocycles. The minimum absolute atomic E-state index is 0. The summed E-state index contributed by atoms with van der Waals surface area (Å²) in [6.07, 6.45) is 0. The third-order valence-corrected chi connectivity index (χ3v) is 56.3. The second-order valence-corrected chi connectivity index (χ2v) is 79.0. The Bertz CT molecular complexity index is 4240. The number of aliphatic hydroxyl groups is 4. The van der Waals surface area contributed by atoms with Crippen LogP contribution in [0.5, 0.6) is 0 Å². The van der Waals surface area contributed by atoms with E-state index in [1.165, 1.54) is 0 Å². The molecule has 8 aromatic carbocycles. The molecule has 16 N–H and O–H groups in total. The summed E-state index contributed by atoms with van der Waals surface area (Å²) < 4.78 is -4.42. The molecule has 0 bridgehead atoms. The predicted octanol–water partition coefficient (Wildman–Crippen LogP) is 19.5. The maximum atomic E-state index is 11.1. The second kappa shape index (κ2) is 44.3. The number of hydrogen-bond acceptors (Lipinski definition) is 16. The molecule has 16 nitrogen and oxygen atoms in total. The molecule has 0 amide bonds. The summed E-state index contributed by atoms with van der Waals surface area (Å²) in [6.45, 7) is 85.1. The molecule has 0 saturated heterocycles. The molecule has 4 aliphatic rings. The van der Waals surface area contributed by atoms with Crippen LogP contribution >= 0.6 is 0 Å². The van der Waals surface area contributed by atoms with E-state index in [4.69, 9.17) is 20.4 Å². The van der Waals surface area contributed by atoms with Gasteiger partial charge in [0.2, 0.25) is 0 Å². The molecule has 0 fully saturated rings. The standard InChI is InChI=1S/4C24H36O3Si2.4C2H6O.4Ti/c4*1-22(2,3)16-10-12-18-19-13-11-17(23(4,5)6)15-21(19)24(20(18)14-16,28(7,8)9)29(25,26)27;4*1-2-3;;;;/h4*10-15,25-27H,1-9H3;4*3H,2H2,1H3;;;;. The summed E-state index contributed by atoms with van der Waals surface area (Å²) >= 11 is 0. The Morgan fingerprint density at radius 1 is 0.182 bits per heavy atom. The first-order valence-electron chi connectivity index (χ1n) is 45.7. The topological polar surface area (TPSA) is 324 Å². The van der Waals surface area contributed by atoms with Crippen molar-refractivity contribution in [1.82, 2.24) is 0 Å². The summed E-state index contributed by atoms with van der Waals surface area (Å²) in [7, 11) is -27.9. The van der Waals surface area contributed by atoms with Crippen LogP contribution < -0.4 is 0 Å². The van der Waals surface area contributed by atoms with Crippen LogP contribution in [0.4, 0.5) is 0 Å². The molecule has 132 heavy (non-hydrogen) atoms. The van der Waals surface area contributed by atoms with E-state index in [-0.39, 0.29) is 157 Å². The third kappa shape index (κ3) is 25.1. The molecule has 8 aromatic rings. The van der Waals surface area contributed by atoms with E-state index in [2.05, 4.69) is 390 Å². The molecule has 728 valence electrons. The zero-order valence-electron chi connectivity index (χ0n) is 87.8. The predicted molar refractivity (Wildman–Crippen MR) is 554 cm³/mol. The molecule has 0 atom stereocenters. The third-order valence-electron chi connectivity index (χ3n) is 26.0. The van der Waals surface area contributed by atoms with Gasteiger partial charge in [-0.05, 0) is 205 Å². The first-order chi connectivity index (χ1) is 57.3. The maximum Gasteiger partial charge on any atom is 0.505 e.